The normalized spacial score (nSPS) is 10.8. The number of para-hydroxylation sites is 1. The van der Waals surface area contributed by atoms with E-state index in [1.165, 1.54) is 11.1 Å². The Balaban J connectivity index is 2.36. The van der Waals surface area contributed by atoms with E-state index in [0.29, 0.717) is 0 Å². The molecule has 96 valence electrons. The Kier molecular flexibility index (Phi) is 4.53. The maximum Gasteiger partial charge on any atom is 0.0726 e. The third-order valence-corrected chi connectivity index (χ3v) is 2.89. The Hall–Kier alpha value is -1.61. The highest BCUT2D eigenvalue weighted by Gasteiger charge is 2.04. The Morgan fingerprint density at radius 2 is 2.00 bits per heavy atom. The van der Waals surface area contributed by atoms with E-state index in [-0.39, 0.29) is 0 Å². The maximum absolute atomic E-state index is 4.68. The molecular weight excluding hydrogens is 222 g/mol. The SMILES string of the molecule is CCCNc1cc(CNCC)nc2ccccc12. The van der Waals surface area contributed by atoms with Crippen LogP contribution in [-0.2, 0) is 6.54 Å². The molecule has 3 heteroatoms. The van der Waals surface area contributed by atoms with Crippen LogP contribution in [0, 0.1) is 0 Å². The minimum Gasteiger partial charge on any atom is -0.384 e. The minimum atomic E-state index is 0.822. The van der Waals surface area contributed by atoms with Gasteiger partial charge in [0.15, 0.2) is 0 Å². The fourth-order valence-corrected chi connectivity index (χ4v) is 1.98. The van der Waals surface area contributed by atoms with Crippen LogP contribution in [0.4, 0.5) is 5.69 Å². The van der Waals surface area contributed by atoms with E-state index in [9.17, 15) is 0 Å². The first-order chi connectivity index (χ1) is 8.85. The standard InChI is InChI=1S/C15H21N3/c1-3-9-17-15-10-12(11-16-4-2)18-14-8-6-5-7-13(14)15/h5-8,10,16H,3-4,9,11H2,1-2H3,(H,17,18). The van der Waals surface area contributed by atoms with Crippen molar-refractivity contribution in [2.75, 3.05) is 18.4 Å². The van der Waals surface area contributed by atoms with E-state index < -0.39 is 0 Å². The zero-order valence-corrected chi connectivity index (χ0v) is 11.2. The summed E-state index contributed by atoms with van der Waals surface area (Å²) in [6.45, 7) is 7.07. The molecule has 0 aliphatic heterocycles. The van der Waals surface area contributed by atoms with Crippen LogP contribution in [0.3, 0.4) is 0 Å². The van der Waals surface area contributed by atoms with E-state index in [2.05, 4.69) is 53.7 Å². The summed E-state index contributed by atoms with van der Waals surface area (Å²) in [7, 11) is 0. The Bertz CT molecular complexity index is 508. The number of benzene rings is 1. The average Bonchev–Trinajstić information content (AvgIpc) is 2.42. The van der Waals surface area contributed by atoms with Crippen LogP contribution in [-0.4, -0.2) is 18.1 Å². The van der Waals surface area contributed by atoms with Gasteiger partial charge in [0, 0.05) is 24.2 Å². The molecule has 2 rings (SSSR count). The molecule has 1 aromatic carbocycles. The van der Waals surface area contributed by atoms with Gasteiger partial charge in [-0.15, -0.1) is 0 Å². The Morgan fingerprint density at radius 3 is 2.78 bits per heavy atom. The third kappa shape index (κ3) is 2.99. The summed E-state index contributed by atoms with van der Waals surface area (Å²) in [5, 5.41) is 8.01. The number of hydrogen-bond acceptors (Lipinski definition) is 3. The van der Waals surface area contributed by atoms with E-state index in [4.69, 9.17) is 0 Å². The van der Waals surface area contributed by atoms with Crippen LogP contribution < -0.4 is 10.6 Å². The minimum absolute atomic E-state index is 0.822. The van der Waals surface area contributed by atoms with Gasteiger partial charge in [0.1, 0.15) is 0 Å². The van der Waals surface area contributed by atoms with Gasteiger partial charge in [-0.1, -0.05) is 32.0 Å². The molecule has 0 fully saturated rings. The van der Waals surface area contributed by atoms with Gasteiger partial charge in [0.25, 0.3) is 0 Å². The summed E-state index contributed by atoms with van der Waals surface area (Å²) in [6.07, 6.45) is 1.12. The zero-order chi connectivity index (χ0) is 12.8. The molecule has 0 radical (unpaired) electrons. The predicted molar refractivity (Wildman–Crippen MR) is 77.9 cm³/mol. The molecule has 2 N–H and O–H groups in total. The van der Waals surface area contributed by atoms with Crippen molar-refractivity contribution in [3.8, 4) is 0 Å². The highest BCUT2D eigenvalue weighted by molar-refractivity contribution is 5.91. The molecule has 0 aliphatic rings. The summed E-state index contributed by atoms with van der Waals surface area (Å²) in [5.41, 5.74) is 3.34. The van der Waals surface area contributed by atoms with Crippen molar-refractivity contribution < 1.29 is 0 Å². The highest BCUT2D eigenvalue weighted by atomic mass is 14.9. The molecular formula is C15H21N3. The van der Waals surface area contributed by atoms with Crippen molar-refractivity contribution >= 4 is 16.6 Å². The molecule has 1 heterocycles. The van der Waals surface area contributed by atoms with Gasteiger partial charge < -0.3 is 10.6 Å². The molecule has 3 nitrogen and oxygen atoms in total. The van der Waals surface area contributed by atoms with E-state index in [0.717, 1.165) is 37.3 Å². The number of fused-ring (bicyclic) bond motifs is 1. The zero-order valence-electron chi connectivity index (χ0n) is 11.2. The highest BCUT2D eigenvalue weighted by Crippen LogP contribution is 2.23. The van der Waals surface area contributed by atoms with Gasteiger partial charge >= 0.3 is 0 Å². The van der Waals surface area contributed by atoms with Crippen LogP contribution >= 0.6 is 0 Å². The van der Waals surface area contributed by atoms with E-state index in [1.54, 1.807) is 0 Å². The summed E-state index contributed by atoms with van der Waals surface area (Å²) < 4.78 is 0. The molecule has 0 aliphatic carbocycles. The van der Waals surface area contributed by atoms with Crippen molar-refractivity contribution in [3.63, 3.8) is 0 Å². The fourth-order valence-electron chi connectivity index (χ4n) is 1.98. The number of rotatable bonds is 6. The second-order valence-corrected chi connectivity index (χ2v) is 4.39. The van der Waals surface area contributed by atoms with Gasteiger partial charge in [-0.05, 0) is 25.1 Å². The number of nitrogens with one attached hydrogen (secondary N) is 2. The molecule has 18 heavy (non-hydrogen) atoms. The molecule has 0 amide bonds. The van der Waals surface area contributed by atoms with Crippen LogP contribution in [0.15, 0.2) is 30.3 Å². The molecule has 0 saturated carbocycles. The number of pyridine rings is 1. The van der Waals surface area contributed by atoms with Crippen LogP contribution in [0.5, 0.6) is 0 Å². The average molecular weight is 243 g/mol. The topological polar surface area (TPSA) is 37.0 Å². The van der Waals surface area contributed by atoms with Gasteiger partial charge in [-0.25, -0.2) is 0 Å². The number of hydrogen-bond donors (Lipinski definition) is 2. The lowest BCUT2D eigenvalue weighted by Gasteiger charge is -2.11. The van der Waals surface area contributed by atoms with Gasteiger partial charge in [0.05, 0.1) is 11.2 Å². The summed E-state index contributed by atoms with van der Waals surface area (Å²) in [4.78, 5) is 4.68. The molecule has 0 spiro atoms. The third-order valence-electron chi connectivity index (χ3n) is 2.89. The lowest BCUT2D eigenvalue weighted by molar-refractivity contribution is 0.713. The molecule has 0 atom stereocenters. The number of aromatic nitrogens is 1. The molecule has 0 bridgehead atoms. The van der Waals surface area contributed by atoms with Gasteiger partial charge in [-0.3, -0.25) is 4.98 Å². The summed E-state index contributed by atoms with van der Waals surface area (Å²) in [5.74, 6) is 0. The van der Waals surface area contributed by atoms with Crippen LogP contribution in [0.1, 0.15) is 26.0 Å². The van der Waals surface area contributed by atoms with Crippen LogP contribution in [0.2, 0.25) is 0 Å². The smallest absolute Gasteiger partial charge is 0.0726 e. The first kappa shape index (κ1) is 12.8. The van der Waals surface area contributed by atoms with Crippen molar-refractivity contribution in [2.24, 2.45) is 0 Å². The fraction of sp³-hybridized carbons (Fsp3) is 0.400. The van der Waals surface area contributed by atoms with Crippen molar-refractivity contribution in [1.29, 1.82) is 0 Å². The number of anilines is 1. The monoisotopic (exact) mass is 243 g/mol. The van der Waals surface area contributed by atoms with E-state index >= 15 is 0 Å². The summed E-state index contributed by atoms with van der Waals surface area (Å²) in [6, 6.07) is 10.4. The number of nitrogens with zero attached hydrogens (tertiary/aromatic N) is 1. The quantitative estimate of drug-likeness (QED) is 0.818. The first-order valence-corrected chi connectivity index (χ1v) is 6.68. The predicted octanol–water partition coefficient (Wildman–Crippen LogP) is 3.17. The van der Waals surface area contributed by atoms with Crippen molar-refractivity contribution in [2.45, 2.75) is 26.8 Å². The molecule has 0 unspecified atom stereocenters. The second-order valence-electron chi connectivity index (χ2n) is 4.39. The van der Waals surface area contributed by atoms with Gasteiger partial charge in [0.2, 0.25) is 0 Å². The Morgan fingerprint density at radius 1 is 1.17 bits per heavy atom. The van der Waals surface area contributed by atoms with Crippen LogP contribution in [0.25, 0.3) is 10.9 Å². The van der Waals surface area contributed by atoms with E-state index in [1.807, 2.05) is 6.07 Å². The summed E-state index contributed by atoms with van der Waals surface area (Å²) >= 11 is 0. The van der Waals surface area contributed by atoms with Crippen molar-refractivity contribution in [3.05, 3.63) is 36.0 Å². The van der Waals surface area contributed by atoms with Gasteiger partial charge in [-0.2, -0.15) is 0 Å². The molecule has 1 aromatic heterocycles. The molecule has 2 aromatic rings. The first-order valence-electron chi connectivity index (χ1n) is 6.68. The second kappa shape index (κ2) is 6.36. The molecule has 0 saturated heterocycles. The maximum atomic E-state index is 4.68. The Labute approximate surface area is 109 Å². The van der Waals surface area contributed by atoms with Crippen molar-refractivity contribution in [1.82, 2.24) is 10.3 Å². The lowest BCUT2D eigenvalue weighted by Crippen LogP contribution is -2.13. The lowest BCUT2D eigenvalue weighted by atomic mass is 10.1. The largest absolute Gasteiger partial charge is 0.384 e.